The number of nitrogens with zero attached hydrogens (tertiary/aromatic N) is 2. The first kappa shape index (κ1) is 14.1. The van der Waals surface area contributed by atoms with Crippen molar-refractivity contribution in [1.29, 1.82) is 0 Å². The van der Waals surface area contributed by atoms with Crippen molar-refractivity contribution in [3.8, 4) is 0 Å². The molecule has 4 nitrogen and oxygen atoms in total. The maximum atomic E-state index is 10.6. The first-order chi connectivity index (χ1) is 8.99. The van der Waals surface area contributed by atoms with Crippen LogP contribution in [0.4, 0.5) is 0 Å². The van der Waals surface area contributed by atoms with Crippen LogP contribution < -0.4 is 0 Å². The number of thiophene rings is 1. The van der Waals surface area contributed by atoms with Crippen molar-refractivity contribution in [2.45, 2.75) is 31.0 Å². The van der Waals surface area contributed by atoms with Gasteiger partial charge in [-0.15, -0.1) is 11.3 Å². The molecule has 1 N–H and O–H groups in total. The Morgan fingerprint density at radius 1 is 1.58 bits per heavy atom. The van der Waals surface area contributed by atoms with Crippen LogP contribution >= 0.6 is 23.1 Å². The quantitative estimate of drug-likeness (QED) is 0.832. The van der Waals surface area contributed by atoms with Crippen LogP contribution in [0.3, 0.4) is 0 Å². The van der Waals surface area contributed by atoms with E-state index >= 15 is 0 Å². The molecule has 0 amide bonds. The van der Waals surface area contributed by atoms with Gasteiger partial charge in [-0.25, -0.2) is 4.98 Å². The van der Waals surface area contributed by atoms with E-state index < -0.39 is 5.97 Å². The highest BCUT2D eigenvalue weighted by Crippen LogP contribution is 2.30. The predicted molar refractivity (Wildman–Crippen MR) is 77.9 cm³/mol. The van der Waals surface area contributed by atoms with Crippen molar-refractivity contribution in [3.63, 3.8) is 0 Å². The molecule has 6 heteroatoms. The van der Waals surface area contributed by atoms with Crippen molar-refractivity contribution < 1.29 is 9.90 Å². The number of imidazole rings is 1. The highest BCUT2D eigenvalue weighted by atomic mass is 32.2. The molecule has 0 aliphatic rings. The first-order valence-corrected chi connectivity index (χ1v) is 7.75. The van der Waals surface area contributed by atoms with Crippen LogP contribution in [0.5, 0.6) is 0 Å². The Bertz CT molecular complexity index is 547. The third-order valence-corrected chi connectivity index (χ3v) is 4.98. The molecule has 0 spiro atoms. The third-order valence-electron chi connectivity index (χ3n) is 2.76. The van der Waals surface area contributed by atoms with Crippen LogP contribution in [-0.4, -0.2) is 26.4 Å². The average Bonchev–Trinajstić information content (AvgIpc) is 2.96. The van der Waals surface area contributed by atoms with Crippen LogP contribution in [0.2, 0.25) is 0 Å². The zero-order chi connectivity index (χ0) is 13.9. The maximum Gasteiger partial charge on any atom is 0.313 e. The Morgan fingerprint density at radius 2 is 2.37 bits per heavy atom. The summed E-state index contributed by atoms with van der Waals surface area (Å²) in [7, 11) is 0. The largest absolute Gasteiger partial charge is 0.481 e. The van der Waals surface area contributed by atoms with E-state index in [-0.39, 0.29) is 11.2 Å². The zero-order valence-electron chi connectivity index (χ0n) is 10.9. The molecular formula is C13H16N2O2S2. The number of thioether (sulfide) groups is 1. The molecule has 102 valence electrons. The topological polar surface area (TPSA) is 55.1 Å². The molecule has 0 unspecified atom stereocenters. The summed E-state index contributed by atoms with van der Waals surface area (Å²) in [4.78, 5) is 16.2. The summed E-state index contributed by atoms with van der Waals surface area (Å²) in [5.41, 5.74) is 0.00734. The molecule has 0 aromatic carbocycles. The molecule has 0 aliphatic carbocycles. The zero-order valence-corrected chi connectivity index (χ0v) is 12.5. The SMILES string of the molecule is CC(C)(Cn1ccnc1SCC(=O)O)c1cccs1. The van der Waals surface area contributed by atoms with Crippen molar-refractivity contribution in [3.05, 3.63) is 34.8 Å². The minimum atomic E-state index is -0.822. The molecule has 19 heavy (non-hydrogen) atoms. The molecule has 0 atom stereocenters. The minimum absolute atomic E-state index is 0.00734. The van der Waals surface area contributed by atoms with Crippen LogP contribution in [0, 0.1) is 0 Å². The van der Waals surface area contributed by atoms with E-state index in [2.05, 4.69) is 36.3 Å². The lowest BCUT2D eigenvalue weighted by molar-refractivity contribution is -0.133. The monoisotopic (exact) mass is 296 g/mol. The van der Waals surface area contributed by atoms with Crippen LogP contribution in [0.25, 0.3) is 0 Å². The van der Waals surface area contributed by atoms with Gasteiger partial charge in [-0.05, 0) is 11.4 Å². The van der Waals surface area contributed by atoms with Gasteiger partial charge in [-0.3, -0.25) is 4.79 Å². The summed E-state index contributed by atoms with van der Waals surface area (Å²) in [5.74, 6) is -0.784. The summed E-state index contributed by atoms with van der Waals surface area (Å²) < 4.78 is 2.02. The molecule has 0 saturated heterocycles. The van der Waals surface area contributed by atoms with E-state index in [9.17, 15) is 4.79 Å². The van der Waals surface area contributed by atoms with E-state index in [4.69, 9.17) is 5.11 Å². The number of aliphatic carboxylic acids is 1. The van der Waals surface area contributed by atoms with E-state index in [0.29, 0.717) is 0 Å². The third kappa shape index (κ3) is 3.61. The second-order valence-electron chi connectivity index (χ2n) is 4.88. The molecular weight excluding hydrogens is 280 g/mol. The van der Waals surface area contributed by atoms with Gasteiger partial charge in [0.15, 0.2) is 5.16 Å². The lowest BCUT2D eigenvalue weighted by Crippen LogP contribution is -2.23. The van der Waals surface area contributed by atoms with Gasteiger partial charge in [-0.1, -0.05) is 31.7 Å². The van der Waals surface area contributed by atoms with E-state index in [0.717, 1.165) is 11.7 Å². The number of hydrogen-bond acceptors (Lipinski definition) is 4. The van der Waals surface area contributed by atoms with Gasteiger partial charge in [0.25, 0.3) is 0 Å². The number of carboxylic acid groups (broad SMARTS) is 1. The van der Waals surface area contributed by atoms with Crippen LogP contribution in [0.15, 0.2) is 35.1 Å². The Balaban J connectivity index is 2.11. The fraction of sp³-hybridized carbons (Fsp3) is 0.385. The van der Waals surface area contributed by atoms with Crippen molar-refractivity contribution in [2.24, 2.45) is 0 Å². The molecule has 0 bridgehead atoms. The normalized spacial score (nSPS) is 11.7. The molecule has 0 aliphatic heterocycles. The minimum Gasteiger partial charge on any atom is -0.481 e. The highest BCUT2D eigenvalue weighted by molar-refractivity contribution is 7.99. The van der Waals surface area contributed by atoms with Gasteiger partial charge >= 0.3 is 5.97 Å². The average molecular weight is 296 g/mol. The van der Waals surface area contributed by atoms with E-state index in [1.165, 1.54) is 16.6 Å². The molecule has 2 rings (SSSR count). The lowest BCUT2D eigenvalue weighted by Gasteiger charge is -2.24. The fourth-order valence-electron chi connectivity index (χ4n) is 1.85. The van der Waals surface area contributed by atoms with Gasteiger partial charge < -0.3 is 9.67 Å². The van der Waals surface area contributed by atoms with Gasteiger partial charge in [-0.2, -0.15) is 0 Å². The molecule has 2 aromatic heterocycles. The standard InChI is InChI=1S/C13H16N2O2S2/c1-13(2,10-4-3-7-18-10)9-15-6-5-14-12(15)19-8-11(16)17/h3-7H,8-9H2,1-2H3,(H,16,17). The summed E-state index contributed by atoms with van der Waals surface area (Å²) in [6.07, 6.45) is 3.62. The Kier molecular flexibility index (Phi) is 4.31. The summed E-state index contributed by atoms with van der Waals surface area (Å²) in [6.45, 7) is 5.16. The predicted octanol–water partition coefficient (Wildman–Crippen LogP) is 3.10. The smallest absolute Gasteiger partial charge is 0.313 e. The summed E-state index contributed by atoms with van der Waals surface area (Å²) in [6, 6.07) is 4.18. The number of carboxylic acids is 1. The Morgan fingerprint density at radius 3 is 3.00 bits per heavy atom. The first-order valence-electron chi connectivity index (χ1n) is 5.89. The van der Waals surface area contributed by atoms with Crippen molar-refractivity contribution in [2.75, 3.05) is 5.75 Å². The number of rotatable bonds is 6. The molecule has 2 aromatic rings. The highest BCUT2D eigenvalue weighted by Gasteiger charge is 2.23. The van der Waals surface area contributed by atoms with Crippen LogP contribution in [-0.2, 0) is 16.8 Å². The molecule has 0 radical (unpaired) electrons. The molecule has 0 fully saturated rings. The van der Waals surface area contributed by atoms with E-state index in [1.807, 2.05) is 10.8 Å². The summed E-state index contributed by atoms with van der Waals surface area (Å²) in [5, 5.41) is 11.6. The Labute approximate surface area is 120 Å². The van der Waals surface area contributed by atoms with Gasteiger partial charge in [0.05, 0.1) is 5.75 Å². The van der Waals surface area contributed by atoms with Gasteiger partial charge in [0, 0.05) is 29.2 Å². The summed E-state index contributed by atoms with van der Waals surface area (Å²) >= 11 is 3.00. The Hall–Kier alpha value is -1.27. The number of carbonyl (C=O) groups is 1. The second kappa shape index (κ2) is 5.79. The fourth-order valence-corrected chi connectivity index (χ4v) is 3.37. The molecule has 0 saturated carbocycles. The van der Waals surface area contributed by atoms with Crippen molar-refractivity contribution >= 4 is 29.1 Å². The lowest BCUT2D eigenvalue weighted by atomic mass is 9.91. The number of aromatic nitrogens is 2. The van der Waals surface area contributed by atoms with Gasteiger partial charge in [0.1, 0.15) is 0 Å². The second-order valence-corrected chi connectivity index (χ2v) is 6.77. The van der Waals surface area contributed by atoms with Gasteiger partial charge in [0.2, 0.25) is 0 Å². The maximum absolute atomic E-state index is 10.6. The van der Waals surface area contributed by atoms with Crippen molar-refractivity contribution in [1.82, 2.24) is 9.55 Å². The van der Waals surface area contributed by atoms with E-state index in [1.54, 1.807) is 17.5 Å². The number of hydrogen-bond donors (Lipinski definition) is 1. The molecule has 2 heterocycles. The van der Waals surface area contributed by atoms with Crippen LogP contribution in [0.1, 0.15) is 18.7 Å².